The molecule has 0 saturated carbocycles. The zero-order valence-corrected chi connectivity index (χ0v) is 10.6. The molecule has 14 heavy (non-hydrogen) atoms. The number of unbranched alkanes of at least 4 members (excludes halogenated alkanes) is 1. The van der Waals surface area contributed by atoms with Crippen molar-refractivity contribution in [1.82, 2.24) is 0 Å². The lowest BCUT2D eigenvalue weighted by molar-refractivity contribution is 0.0852. The molecule has 0 bridgehead atoms. The molecule has 0 spiro atoms. The average molecular weight is 235 g/mol. The van der Waals surface area contributed by atoms with Crippen LogP contribution in [0.25, 0.3) is 0 Å². The number of hydrogen-bond donors (Lipinski definition) is 3. The molecule has 83 valence electrons. The van der Waals surface area contributed by atoms with Crippen molar-refractivity contribution in [2.75, 3.05) is 13.7 Å². The van der Waals surface area contributed by atoms with E-state index in [4.69, 9.17) is 9.84 Å². The van der Waals surface area contributed by atoms with Crippen LogP contribution in [-0.4, -0.2) is 49.4 Å². The fourth-order valence-corrected chi connectivity index (χ4v) is 2.67. The van der Waals surface area contributed by atoms with Crippen molar-refractivity contribution in [3.05, 3.63) is 0 Å². The third kappa shape index (κ3) is 5.80. The van der Waals surface area contributed by atoms with Crippen LogP contribution in [0.5, 0.6) is 0 Å². The molecule has 0 aliphatic heterocycles. The van der Waals surface area contributed by atoms with Crippen LogP contribution >= 0.6 is 12.6 Å². The number of thiol groups is 1. The first kappa shape index (κ1) is 14.2. The first-order valence-electron chi connectivity index (χ1n) is 4.79. The van der Waals surface area contributed by atoms with Crippen LogP contribution < -0.4 is 0 Å². The minimum Gasteiger partial charge on any atom is -0.515 e. The molecule has 5 heteroatoms. The number of hydrogen-bond acceptors (Lipinski definition) is 4. The van der Waals surface area contributed by atoms with Crippen LogP contribution in [0, 0.1) is 0 Å². The summed E-state index contributed by atoms with van der Waals surface area (Å²) >= 11 is 4.37. The second-order valence-electron chi connectivity index (χ2n) is 3.09. The van der Waals surface area contributed by atoms with Crippen LogP contribution in [0.4, 0.5) is 0 Å². The van der Waals surface area contributed by atoms with Crippen molar-refractivity contribution >= 4 is 27.1 Å². The number of rotatable bonds is 7. The summed E-state index contributed by atoms with van der Waals surface area (Å²) in [6.07, 6.45) is 2.69. The Hall–Kier alpha value is 0.157. The maximum absolute atomic E-state index is 9.57. The molecule has 1 radical (unpaired) electrons. The molecule has 0 aliphatic rings. The Morgan fingerprint density at radius 2 is 2.21 bits per heavy atom. The Balaban J connectivity index is 4.05. The zero-order valence-electron chi connectivity index (χ0n) is 8.73. The normalized spacial score (nSPS) is 16.7. The van der Waals surface area contributed by atoms with E-state index in [9.17, 15) is 5.11 Å². The summed E-state index contributed by atoms with van der Waals surface area (Å²) in [4.78, 5) is 0.180. The van der Waals surface area contributed by atoms with Crippen LogP contribution in [0.1, 0.15) is 26.2 Å². The highest BCUT2D eigenvalue weighted by Gasteiger charge is 2.12. The van der Waals surface area contributed by atoms with Crippen LogP contribution in [-0.2, 0) is 4.74 Å². The predicted molar refractivity (Wildman–Crippen MR) is 62.9 cm³/mol. The third-order valence-corrected chi connectivity index (χ3v) is 3.79. The first-order valence-corrected chi connectivity index (χ1v) is 6.39. The molecular weight excluding hydrogens is 216 g/mol. The number of methoxy groups -OCH3 is 1. The molecule has 0 aliphatic carbocycles. The van der Waals surface area contributed by atoms with Gasteiger partial charge in [0.15, 0.2) is 0 Å². The van der Waals surface area contributed by atoms with Gasteiger partial charge in [-0.15, -0.1) is 0 Å². The molecule has 0 saturated heterocycles. The average Bonchev–Trinajstić information content (AvgIpc) is 2.16. The number of ether oxygens (including phenoxy) is 1. The van der Waals surface area contributed by atoms with Crippen LogP contribution in [0.2, 0.25) is 0 Å². The molecule has 0 heterocycles. The molecule has 2 atom stereocenters. The van der Waals surface area contributed by atoms with Crippen molar-refractivity contribution in [2.45, 2.75) is 37.2 Å². The Morgan fingerprint density at radius 3 is 2.64 bits per heavy atom. The van der Waals surface area contributed by atoms with Gasteiger partial charge in [0, 0.05) is 12.0 Å². The van der Waals surface area contributed by atoms with E-state index in [0.29, 0.717) is 0 Å². The topological polar surface area (TPSA) is 49.7 Å². The smallest absolute Gasteiger partial charge is 0.131 e. The molecule has 2 unspecified atom stereocenters. The molecular formula is C9H19O3SSi. The summed E-state index contributed by atoms with van der Waals surface area (Å²) < 4.78 is 4.90. The third-order valence-electron chi connectivity index (χ3n) is 1.90. The highest BCUT2D eigenvalue weighted by Crippen LogP contribution is 2.04. The Morgan fingerprint density at radius 1 is 1.57 bits per heavy atom. The molecule has 0 rings (SSSR count). The quantitative estimate of drug-likeness (QED) is 0.448. The van der Waals surface area contributed by atoms with Gasteiger partial charge < -0.3 is 14.9 Å². The largest absolute Gasteiger partial charge is 0.515 e. The van der Waals surface area contributed by atoms with E-state index in [1.807, 2.05) is 0 Å². The fourth-order valence-electron chi connectivity index (χ4n) is 1.01. The minimum absolute atomic E-state index is 0.177. The maximum Gasteiger partial charge on any atom is 0.131 e. The van der Waals surface area contributed by atoms with Crippen LogP contribution in [0.15, 0.2) is 0 Å². The fraction of sp³-hybridized carbons (Fsp3) is 0.889. The second-order valence-corrected chi connectivity index (χ2v) is 5.70. The van der Waals surface area contributed by atoms with E-state index in [0.717, 1.165) is 19.3 Å². The Kier molecular flexibility index (Phi) is 8.56. The molecule has 2 N–H and O–H groups in total. The van der Waals surface area contributed by atoms with Crippen molar-refractivity contribution in [1.29, 1.82) is 0 Å². The van der Waals surface area contributed by atoms with Gasteiger partial charge in [-0.2, -0.15) is 12.6 Å². The highest BCUT2D eigenvalue weighted by molar-refractivity contribution is 7.82. The van der Waals surface area contributed by atoms with E-state index in [2.05, 4.69) is 19.6 Å². The molecule has 0 aromatic carbocycles. The lowest BCUT2D eigenvalue weighted by Crippen LogP contribution is -2.31. The van der Waals surface area contributed by atoms with Gasteiger partial charge >= 0.3 is 0 Å². The molecule has 0 aromatic rings. The van der Waals surface area contributed by atoms with Gasteiger partial charge in [-0.3, -0.25) is 0 Å². The van der Waals surface area contributed by atoms with Gasteiger partial charge in [-0.1, -0.05) is 19.8 Å². The summed E-state index contributed by atoms with van der Waals surface area (Å²) in [5, 5.41) is 18.6. The Labute approximate surface area is 93.3 Å². The summed E-state index contributed by atoms with van der Waals surface area (Å²) in [6, 6.07) is 0. The van der Waals surface area contributed by atoms with Gasteiger partial charge in [0.2, 0.25) is 0 Å². The van der Waals surface area contributed by atoms with E-state index in [1.165, 1.54) is 7.11 Å². The number of aliphatic hydroxyl groups excluding tert-OH is 2. The van der Waals surface area contributed by atoms with E-state index in [1.54, 1.807) is 0 Å². The molecule has 3 nitrogen and oxygen atoms in total. The van der Waals surface area contributed by atoms with Crippen molar-refractivity contribution in [2.24, 2.45) is 0 Å². The lowest BCUT2D eigenvalue weighted by atomic mass is 10.3. The van der Waals surface area contributed by atoms with Gasteiger partial charge in [0.1, 0.15) is 6.10 Å². The Bertz CT molecular complexity index is 171. The van der Waals surface area contributed by atoms with Gasteiger partial charge in [-0.25, -0.2) is 0 Å². The molecule has 0 amide bonds. The lowest BCUT2D eigenvalue weighted by Gasteiger charge is -2.12. The standard InChI is InChI=1S/C9H19O3SSi/c1-3-4-5-8(13)14-9(11)7(6-10)12-2/h7-8,10-11,13H,3-6H2,1-2H3. The van der Waals surface area contributed by atoms with Crippen LogP contribution in [0.3, 0.4) is 0 Å². The minimum atomic E-state index is -0.551. The molecule has 0 fully saturated rings. The number of aliphatic hydroxyl groups is 2. The summed E-state index contributed by atoms with van der Waals surface area (Å²) in [5.74, 6) is 0. The zero-order chi connectivity index (χ0) is 11.0. The van der Waals surface area contributed by atoms with E-state index < -0.39 is 6.10 Å². The van der Waals surface area contributed by atoms with Crippen molar-refractivity contribution in [3.8, 4) is 0 Å². The van der Waals surface area contributed by atoms with Crippen molar-refractivity contribution < 1.29 is 14.9 Å². The maximum atomic E-state index is 9.57. The van der Waals surface area contributed by atoms with Crippen molar-refractivity contribution in [3.63, 3.8) is 0 Å². The SMILES string of the molecule is CCCCC(S)[Si]=C(O)C(CO)OC. The monoisotopic (exact) mass is 235 g/mol. The first-order chi connectivity index (χ1) is 6.65. The molecule has 0 aromatic heterocycles. The summed E-state index contributed by atoms with van der Waals surface area (Å²) in [6.45, 7) is 1.95. The van der Waals surface area contributed by atoms with Gasteiger partial charge in [-0.05, 0) is 6.42 Å². The van der Waals surface area contributed by atoms with Gasteiger partial charge in [0.05, 0.1) is 21.1 Å². The summed E-state index contributed by atoms with van der Waals surface area (Å²) in [5.41, 5.74) is 0. The van der Waals surface area contributed by atoms with E-state index in [-0.39, 0.29) is 26.0 Å². The predicted octanol–water partition coefficient (Wildman–Crippen LogP) is 0.646. The highest BCUT2D eigenvalue weighted by atomic mass is 32.1. The van der Waals surface area contributed by atoms with E-state index >= 15 is 0 Å². The summed E-state index contributed by atoms with van der Waals surface area (Å²) in [7, 11) is 1.71. The second kappa shape index (κ2) is 8.46. The van der Waals surface area contributed by atoms with Gasteiger partial charge in [0.25, 0.3) is 0 Å².